The Labute approximate surface area is 260 Å². The molecule has 4 aliphatic rings. The van der Waals surface area contributed by atoms with Gasteiger partial charge in [0.05, 0.1) is 50.9 Å². The van der Waals surface area contributed by atoms with Crippen LogP contribution in [0.5, 0.6) is 11.5 Å². The summed E-state index contributed by atoms with van der Waals surface area (Å²) in [5.41, 5.74) is 7.42. The van der Waals surface area contributed by atoms with Crippen molar-refractivity contribution in [3.05, 3.63) is 112 Å². The van der Waals surface area contributed by atoms with Crippen molar-refractivity contribution in [3.8, 4) is 11.5 Å². The number of hydrogen-bond acceptors (Lipinski definition) is 10. The van der Waals surface area contributed by atoms with Crippen LogP contribution < -0.4 is 10.2 Å². The van der Waals surface area contributed by atoms with Crippen molar-refractivity contribution in [3.63, 3.8) is 0 Å². The molecule has 2 aromatic heterocycles. The minimum atomic E-state index is -0.529. The lowest BCUT2D eigenvalue weighted by Gasteiger charge is -2.28. The summed E-state index contributed by atoms with van der Waals surface area (Å²) in [5.74, 6) is 0.889. The largest absolute Gasteiger partial charge is 0.508 e. The molecule has 6 heterocycles. The van der Waals surface area contributed by atoms with Gasteiger partial charge in [-0.3, -0.25) is 9.98 Å². The average molecular weight is 611 g/mol. The Morgan fingerprint density at radius 1 is 0.667 bits per heavy atom. The molecule has 2 saturated heterocycles. The molecule has 4 aliphatic heterocycles. The molecule has 0 spiro atoms. The fraction of sp³-hybridized carbons (Fsp3) is 0.294. The van der Waals surface area contributed by atoms with Crippen LogP contribution in [0.1, 0.15) is 33.4 Å². The number of anilines is 1. The van der Waals surface area contributed by atoms with E-state index in [1.165, 1.54) is 12.3 Å². The number of nitrogens with one attached hydrogen (secondary N) is 1. The van der Waals surface area contributed by atoms with Crippen molar-refractivity contribution >= 4 is 17.2 Å². The van der Waals surface area contributed by atoms with Crippen molar-refractivity contribution in [2.24, 2.45) is 9.98 Å². The zero-order chi connectivity index (χ0) is 31.0. The van der Waals surface area contributed by atoms with Gasteiger partial charge in [0.25, 0.3) is 0 Å². The van der Waals surface area contributed by atoms with E-state index >= 15 is 0 Å². The lowest BCUT2D eigenvalue weighted by molar-refractivity contribution is 0.109. The van der Waals surface area contributed by atoms with Crippen LogP contribution in [-0.2, 0) is 22.6 Å². The number of phenolic OH excluding ortho intramolecular Hbond substituents is 2. The second-order valence-electron chi connectivity index (χ2n) is 10.7. The van der Waals surface area contributed by atoms with E-state index in [1.807, 2.05) is 24.4 Å². The molecule has 3 N–H and O–H groups in total. The molecular weight excluding hydrogens is 575 g/mol. The number of fused-ring (bicyclic) bond motifs is 2. The highest BCUT2D eigenvalue weighted by atomic mass is 19.1. The smallest absolute Gasteiger partial charge is 0.213 e. The van der Waals surface area contributed by atoms with E-state index in [0.29, 0.717) is 24.4 Å². The van der Waals surface area contributed by atoms with E-state index in [0.717, 1.165) is 92.0 Å². The van der Waals surface area contributed by atoms with Crippen molar-refractivity contribution in [1.82, 2.24) is 15.3 Å². The summed E-state index contributed by atoms with van der Waals surface area (Å²) in [5, 5.41) is 22.4. The summed E-state index contributed by atoms with van der Waals surface area (Å²) in [6.07, 6.45) is 3.23. The van der Waals surface area contributed by atoms with Gasteiger partial charge >= 0.3 is 0 Å². The third-order valence-electron chi connectivity index (χ3n) is 7.71. The van der Waals surface area contributed by atoms with Gasteiger partial charge in [0.15, 0.2) is 0 Å². The first kappa shape index (κ1) is 30.3. The fourth-order valence-corrected chi connectivity index (χ4v) is 5.43. The lowest BCUT2D eigenvalue weighted by atomic mass is 10.0. The van der Waals surface area contributed by atoms with Gasteiger partial charge in [-0.2, -0.15) is 4.39 Å². The summed E-state index contributed by atoms with van der Waals surface area (Å²) >= 11 is 0. The number of hydrogen-bond donors (Lipinski definition) is 3. The first-order valence-electron chi connectivity index (χ1n) is 15.0. The van der Waals surface area contributed by atoms with Crippen LogP contribution in [0.4, 0.5) is 10.2 Å². The Balaban J connectivity index is 0.000000137. The summed E-state index contributed by atoms with van der Waals surface area (Å²) in [4.78, 5) is 19.2. The maximum atomic E-state index is 13.1. The number of pyridine rings is 2. The SMILES string of the molecule is C1COCCN1.Oc1ccc2c(c1)C(c1ccnc(F)c1)=NC2.Oc1ccc2c(c1)C(c1ccnc(N3CCOCC3)c1)=NC2. The van der Waals surface area contributed by atoms with Crippen LogP contribution in [-0.4, -0.2) is 84.2 Å². The molecule has 2 aromatic carbocycles. The lowest BCUT2D eigenvalue weighted by Crippen LogP contribution is -2.36. The minimum Gasteiger partial charge on any atom is -0.508 e. The van der Waals surface area contributed by atoms with E-state index in [1.54, 1.807) is 30.3 Å². The van der Waals surface area contributed by atoms with E-state index in [9.17, 15) is 14.6 Å². The van der Waals surface area contributed by atoms with Gasteiger partial charge in [0, 0.05) is 66.9 Å². The molecule has 8 rings (SSSR count). The first-order valence-corrected chi connectivity index (χ1v) is 15.0. The van der Waals surface area contributed by atoms with Crippen LogP contribution in [0.3, 0.4) is 0 Å². The maximum absolute atomic E-state index is 13.1. The fourth-order valence-electron chi connectivity index (χ4n) is 5.43. The highest BCUT2D eigenvalue weighted by Crippen LogP contribution is 2.28. The molecule has 4 aromatic rings. The van der Waals surface area contributed by atoms with Crippen LogP contribution >= 0.6 is 0 Å². The number of phenols is 2. The minimum absolute atomic E-state index is 0.188. The third kappa shape index (κ3) is 7.51. The first-order chi connectivity index (χ1) is 22.0. The summed E-state index contributed by atoms with van der Waals surface area (Å²) in [7, 11) is 0. The van der Waals surface area contributed by atoms with Gasteiger partial charge in [-0.1, -0.05) is 12.1 Å². The molecule has 0 bridgehead atoms. The van der Waals surface area contributed by atoms with E-state index in [2.05, 4.69) is 36.2 Å². The Kier molecular flexibility index (Phi) is 9.69. The number of rotatable bonds is 3. The molecule has 0 amide bonds. The number of benzene rings is 2. The summed E-state index contributed by atoms with van der Waals surface area (Å²) in [6, 6.07) is 17.6. The second kappa shape index (κ2) is 14.4. The predicted molar refractivity (Wildman–Crippen MR) is 170 cm³/mol. The number of ether oxygens (including phenoxy) is 2. The van der Waals surface area contributed by atoms with Gasteiger partial charge in [-0.25, -0.2) is 9.97 Å². The summed E-state index contributed by atoms with van der Waals surface area (Å²) < 4.78 is 23.5. The monoisotopic (exact) mass is 610 g/mol. The van der Waals surface area contributed by atoms with Crippen molar-refractivity contribution in [2.75, 3.05) is 57.5 Å². The average Bonchev–Trinajstić information content (AvgIpc) is 3.70. The van der Waals surface area contributed by atoms with E-state index in [4.69, 9.17) is 9.47 Å². The number of aliphatic imine (C=N–C) groups is 2. The molecule has 10 nitrogen and oxygen atoms in total. The van der Waals surface area contributed by atoms with Crippen molar-refractivity contribution in [1.29, 1.82) is 0 Å². The zero-order valence-electron chi connectivity index (χ0n) is 24.8. The van der Waals surface area contributed by atoms with Crippen LogP contribution in [0.2, 0.25) is 0 Å². The van der Waals surface area contributed by atoms with Gasteiger partial charge < -0.3 is 29.9 Å². The Morgan fingerprint density at radius 2 is 1.22 bits per heavy atom. The number of morpholine rings is 2. The normalized spacial score (nSPS) is 16.7. The molecule has 0 unspecified atom stereocenters. The number of aromatic hydroxyl groups is 2. The van der Waals surface area contributed by atoms with Crippen LogP contribution in [0.25, 0.3) is 0 Å². The molecule has 232 valence electrons. The van der Waals surface area contributed by atoms with E-state index in [-0.39, 0.29) is 11.5 Å². The summed E-state index contributed by atoms with van der Waals surface area (Å²) in [6.45, 7) is 8.27. The maximum Gasteiger partial charge on any atom is 0.213 e. The number of aromatic nitrogens is 2. The molecule has 11 heteroatoms. The van der Waals surface area contributed by atoms with Crippen molar-refractivity contribution < 1.29 is 24.1 Å². The van der Waals surface area contributed by atoms with Crippen molar-refractivity contribution in [2.45, 2.75) is 13.1 Å². The highest BCUT2D eigenvalue weighted by Gasteiger charge is 2.20. The third-order valence-corrected chi connectivity index (χ3v) is 7.71. The van der Waals surface area contributed by atoms with Crippen LogP contribution in [0, 0.1) is 5.95 Å². The van der Waals surface area contributed by atoms with Gasteiger partial charge in [0.1, 0.15) is 17.3 Å². The van der Waals surface area contributed by atoms with Gasteiger partial charge in [0.2, 0.25) is 5.95 Å². The topological polar surface area (TPSA) is 125 Å². The van der Waals surface area contributed by atoms with Crippen LogP contribution in [0.15, 0.2) is 83.0 Å². The molecule has 0 atom stereocenters. The molecule has 2 fully saturated rings. The van der Waals surface area contributed by atoms with E-state index < -0.39 is 5.95 Å². The molecule has 0 saturated carbocycles. The molecule has 0 radical (unpaired) electrons. The highest BCUT2D eigenvalue weighted by molar-refractivity contribution is 6.16. The Morgan fingerprint density at radius 3 is 1.76 bits per heavy atom. The molecular formula is C34H35FN6O4. The predicted octanol–water partition coefficient (Wildman–Crippen LogP) is 3.86. The number of nitrogens with zero attached hydrogens (tertiary/aromatic N) is 5. The van der Waals surface area contributed by atoms with Gasteiger partial charge in [-0.05, 0) is 53.6 Å². The zero-order valence-corrected chi connectivity index (χ0v) is 24.8. The molecule has 45 heavy (non-hydrogen) atoms. The Hall–Kier alpha value is -4.71. The van der Waals surface area contributed by atoms with Gasteiger partial charge in [-0.15, -0.1) is 0 Å². The molecule has 0 aliphatic carbocycles. The second-order valence-corrected chi connectivity index (χ2v) is 10.7. The standard InChI is InChI=1S/C17H17N3O2.C13H9FN2O.C4H9NO/c21-14-2-1-13-11-19-17(15(13)10-14)12-3-4-18-16(9-12)20-5-7-22-8-6-20;14-12-5-8(3-4-15-12)13-11-6-10(17)2-1-9(11)7-16-13;1-3-6-4-2-5-1/h1-4,9-10,21H,5-8,11H2;1-6,17H,7H2;5H,1-4H2. The quantitative estimate of drug-likeness (QED) is 0.299. The Bertz CT molecular complexity index is 1690. The number of halogens is 1.